The zero-order chi connectivity index (χ0) is 14.5. The number of benzene rings is 1. The van der Waals surface area contributed by atoms with Gasteiger partial charge in [0.15, 0.2) is 0 Å². The van der Waals surface area contributed by atoms with Gasteiger partial charge < -0.3 is 14.8 Å². The Bertz CT molecular complexity index is 549. The third-order valence-corrected chi connectivity index (χ3v) is 3.25. The van der Waals surface area contributed by atoms with E-state index < -0.39 is 0 Å². The first-order chi connectivity index (χ1) is 9.60. The van der Waals surface area contributed by atoms with Crippen molar-refractivity contribution in [3.63, 3.8) is 0 Å². The van der Waals surface area contributed by atoms with Gasteiger partial charge in [0.05, 0.1) is 26.5 Å². The van der Waals surface area contributed by atoms with Gasteiger partial charge in [-0.2, -0.15) is 0 Å². The molecule has 1 aromatic heterocycles. The fraction of sp³-hybridized carbons (Fsp3) is 0.267. The summed E-state index contributed by atoms with van der Waals surface area (Å²) in [5, 5.41) is 3.33. The number of aromatic nitrogens is 1. The van der Waals surface area contributed by atoms with Crippen LogP contribution in [0.5, 0.6) is 11.5 Å². The van der Waals surface area contributed by atoms with Gasteiger partial charge >= 0.3 is 0 Å². The Labute approximate surface area is 127 Å². The molecule has 0 bridgehead atoms. The Kier molecular flexibility index (Phi) is 4.84. The first kappa shape index (κ1) is 14.7. The largest absolute Gasteiger partial charge is 0.497 e. The third-order valence-electron chi connectivity index (χ3n) is 2.80. The Morgan fingerprint density at radius 1 is 1.05 bits per heavy atom. The molecule has 0 atom stereocenters. The molecule has 2 rings (SSSR count). The number of halogens is 1. The summed E-state index contributed by atoms with van der Waals surface area (Å²) in [5.41, 5.74) is 2.84. The zero-order valence-electron chi connectivity index (χ0n) is 11.7. The molecule has 1 aromatic carbocycles. The second-order valence-corrected chi connectivity index (χ2v) is 5.29. The van der Waals surface area contributed by atoms with Crippen molar-refractivity contribution in [1.29, 1.82) is 0 Å². The minimum absolute atomic E-state index is 0.623. The van der Waals surface area contributed by atoms with E-state index in [1.165, 1.54) is 0 Å². The van der Waals surface area contributed by atoms with Crippen molar-refractivity contribution in [2.45, 2.75) is 13.5 Å². The van der Waals surface area contributed by atoms with Gasteiger partial charge in [-0.05, 0) is 19.1 Å². The molecule has 106 valence electrons. The van der Waals surface area contributed by atoms with Crippen molar-refractivity contribution in [2.24, 2.45) is 0 Å². The smallest absolute Gasteiger partial charge is 0.122 e. The zero-order valence-corrected chi connectivity index (χ0v) is 13.3. The molecule has 0 spiro atoms. The Morgan fingerprint density at radius 2 is 1.75 bits per heavy atom. The summed E-state index contributed by atoms with van der Waals surface area (Å²) < 4.78 is 11.5. The molecule has 0 saturated carbocycles. The summed E-state index contributed by atoms with van der Waals surface area (Å²) in [6.07, 6.45) is 0. The van der Waals surface area contributed by atoms with Crippen molar-refractivity contribution in [2.75, 3.05) is 19.5 Å². The second-order valence-electron chi connectivity index (χ2n) is 4.37. The molecule has 1 heterocycles. The van der Waals surface area contributed by atoms with E-state index in [0.29, 0.717) is 6.54 Å². The summed E-state index contributed by atoms with van der Waals surface area (Å²) in [5.74, 6) is 1.62. The van der Waals surface area contributed by atoms with Crippen molar-refractivity contribution in [3.8, 4) is 11.5 Å². The van der Waals surface area contributed by atoms with Crippen LogP contribution in [0.2, 0.25) is 0 Å². The highest BCUT2D eigenvalue weighted by Crippen LogP contribution is 2.25. The number of nitrogens with zero attached hydrogens (tertiary/aromatic N) is 1. The molecular weight excluding hydrogens is 320 g/mol. The molecule has 0 aliphatic heterocycles. The number of nitrogens with one attached hydrogen (secondary N) is 1. The van der Waals surface area contributed by atoms with E-state index in [4.69, 9.17) is 9.47 Å². The summed E-state index contributed by atoms with van der Waals surface area (Å²) in [7, 11) is 3.31. The van der Waals surface area contributed by atoms with Gasteiger partial charge in [-0.3, -0.25) is 4.98 Å². The van der Waals surface area contributed by atoms with Crippen molar-refractivity contribution in [3.05, 3.63) is 46.2 Å². The summed E-state index contributed by atoms with van der Waals surface area (Å²) >= 11 is 3.46. The lowest BCUT2D eigenvalue weighted by Gasteiger charge is -2.10. The lowest BCUT2D eigenvalue weighted by molar-refractivity contribution is 0.413. The fourth-order valence-electron chi connectivity index (χ4n) is 1.89. The van der Waals surface area contributed by atoms with E-state index in [9.17, 15) is 0 Å². The maximum Gasteiger partial charge on any atom is 0.122 e. The van der Waals surface area contributed by atoms with Gasteiger partial charge in [0, 0.05) is 34.1 Å². The van der Waals surface area contributed by atoms with E-state index >= 15 is 0 Å². The molecule has 0 fully saturated rings. The van der Waals surface area contributed by atoms with Crippen molar-refractivity contribution in [1.82, 2.24) is 4.98 Å². The molecule has 0 unspecified atom stereocenters. The van der Waals surface area contributed by atoms with Crippen LogP contribution in [0.25, 0.3) is 0 Å². The minimum Gasteiger partial charge on any atom is -0.497 e. The fourth-order valence-corrected chi connectivity index (χ4v) is 2.36. The predicted molar refractivity (Wildman–Crippen MR) is 83.5 cm³/mol. The molecule has 2 aromatic rings. The van der Waals surface area contributed by atoms with Crippen LogP contribution in [0, 0.1) is 6.92 Å². The number of pyridine rings is 1. The number of hydrogen-bond donors (Lipinski definition) is 1. The summed E-state index contributed by atoms with van der Waals surface area (Å²) in [6.45, 7) is 2.58. The van der Waals surface area contributed by atoms with Gasteiger partial charge in [-0.25, -0.2) is 0 Å². The summed E-state index contributed by atoms with van der Waals surface area (Å²) in [6, 6.07) is 9.69. The average Bonchev–Trinajstić information content (AvgIpc) is 2.44. The monoisotopic (exact) mass is 336 g/mol. The molecule has 5 heteroatoms. The van der Waals surface area contributed by atoms with Gasteiger partial charge in [-0.15, -0.1) is 0 Å². The molecule has 0 aliphatic carbocycles. The Morgan fingerprint density at radius 3 is 2.45 bits per heavy atom. The van der Waals surface area contributed by atoms with Crippen LogP contribution < -0.4 is 14.8 Å². The highest BCUT2D eigenvalue weighted by Gasteiger charge is 2.03. The van der Waals surface area contributed by atoms with Crippen molar-refractivity contribution < 1.29 is 9.47 Å². The second kappa shape index (κ2) is 6.61. The molecular formula is C15H17BrN2O2. The molecule has 0 amide bonds. The molecule has 0 radical (unpaired) electrons. The van der Waals surface area contributed by atoms with Crippen molar-refractivity contribution >= 4 is 21.6 Å². The number of methoxy groups -OCH3 is 2. The van der Waals surface area contributed by atoms with E-state index in [0.717, 1.165) is 33.0 Å². The van der Waals surface area contributed by atoms with Crippen LogP contribution in [0.1, 0.15) is 11.4 Å². The lowest BCUT2D eigenvalue weighted by atomic mass is 10.2. The van der Waals surface area contributed by atoms with E-state index in [1.807, 2.05) is 37.3 Å². The maximum absolute atomic E-state index is 5.25. The topological polar surface area (TPSA) is 43.4 Å². The predicted octanol–water partition coefficient (Wildman–Crippen LogP) is 3.78. The molecule has 20 heavy (non-hydrogen) atoms. The van der Waals surface area contributed by atoms with Gasteiger partial charge in [0.2, 0.25) is 0 Å². The van der Waals surface area contributed by atoms with Gasteiger partial charge in [0.1, 0.15) is 11.5 Å². The molecule has 1 N–H and O–H groups in total. The van der Waals surface area contributed by atoms with Crippen LogP contribution in [0.4, 0.5) is 5.69 Å². The van der Waals surface area contributed by atoms with Crippen LogP contribution in [-0.4, -0.2) is 19.2 Å². The number of ether oxygens (including phenoxy) is 2. The normalized spacial score (nSPS) is 10.2. The molecule has 4 nitrogen and oxygen atoms in total. The van der Waals surface area contributed by atoms with Crippen LogP contribution >= 0.6 is 15.9 Å². The van der Waals surface area contributed by atoms with Crippen LogP contribution in [0.15, 0.2) is 34.8 Å². The first-order valence-electron chi connectivity index (χ1n) is 6.20. The van der Waals surface area contributed by atoms with E-state index in [-0.39, 0.29) is 0 Å². The molecule has 0 aliphatic rings. The Hall–Kier alpha value is -1.75. The van der Waals surface area contributed by atoms with Gasteiger partial charge in [0.25, 0.3) is 0 Å². The van der Waals surface area contributed by atoms with Crippen LogP contribution in [-0.2, 0) is 6.54 Å². The highest BCUT2D eigenvalue weighted by atomic mass is 79.9. The number of rotatable bonds is 5. The number of hydrogen-bond acceptors (Lipinski definition) is 4. The highest BCUT2D eigenvalue weighted by molar-refractivity contribution is 9.10. The maximum atomic E-state index is 5.25. The van der Waals surface area contributed by atoms with E-state index in [2.05, 4.69) is 26.2 Å². The van der Waals surface area contributed by atoms with Crippen LogP contribution in [0.3, 0.4) is 0 Å². The minimum atomic E-state index is 0.623. The van der Waals surface area contributed by atoms with E-state index in [1.54, 1.807) is 14.2 Å². The molecule has 0 saturated heterocycles. The SMILES string of the molecule is COc1cc(Br)cc(NCc2cc(OC)cc(C)n2)c1. The standard InChI is InChI=1S/C15H17BrN2O2/c1-10-4-14(19-2)8-13(18-10)9-17-12-5-11(16)6-15(7-12)20-3/h4-8,17H,9H2,1-3H3. The summed E-state index contributed by atoms with van der Waals surface area (Å²) in [4.78, 5) is 4.48. The third kappa shape index (κ3) is 3.87. The average molecular weight is 337 g/mol. The lowest BCUT2D eigenvalue weighted by Crippen LogP contribution is -2.03. The Balaban J connectivity index is 2.12. The quantitative estimate of drug-likeness (QED) is 0.902. The van der Waals surface area contributed by atoms with Gasteiger partial charge in [-0.1, -0.05) is 15.9 Å². The first-order valence-corrected chi connectivity index (χ1v) is 7.00. The number of anilines is 1. The number of aryl methyl sites for hydroxylation is 1.